The first-order valence-corrected chi connectivity index (χ1v) is 7.63. The number of hydrogen-bond acceptors (Lipinski definition) is 3. The summed E-state index contributed by atoms with van der Waals surface area (Å²) >= 11 is 0. The van der Waals surface area contributed by atoms with Crippen LogP contribution in [0.4, 0.5) is 0 Å². The zero-order valence-corrected chi connectivity index (χ0v) is 13.0. The zero-order valence-electron chi connectivity index (χ0n) is 13.0. The summed E-state index contributed by atoms with van der Waals surface area (Å²) in [5.41, 5.74) is 3.68. The molecule has 0 radical (unpaired) electrons. The van der Waals surface area contributed by atoms with Gasteiger partial charge in [-0.3, -0.25) is 0 Å². The van der Waals surface area contributed by atoms with Crippen LogP contribution in [0.15, 0.2) is 28.7 Å². The summed E-state index contributed by atoms with van der Waals surface area (Å²) in [4.78, 5) is 0. The first kappa shape index (κ1) is 14.2. The lowest BCUT2D eigenvalue weighted by molar-refractivity contribution is 0.263. The molecule has 3 heteroatoms. The molecule has 21 heavy (non-hydrogen) atoms. The molecular formula is C18H23NO2. The molecule has 0 atom stereocenters. The summed E-state index contributed by atoms with van der Waals surface area (Å²) in [6.07, 6.45) is 2.59. The first-order chi connectivity index (χ1) is 10.1. The van der Waals surface area contributed by atoms with Gasteiger partial charge in [-0.1, -0.05) is 6.07 Å². The van der Waals surface area contributed by atoms with Crippen molar-refractivity contribution in [1.82, 2.24) is 5.32 Å². The predicted octanol–water partition coefficient (Wildman–Crippen LogP) is 4.04. The Hall–Kier alpha value is -1.74. The number of ether oxygens (including phenoxy) is 1. The number of rotatable bonds is 6. The van der Waals surface area contributed by atoms with E-state index in [2.05, 4.69) is 38.2 Å². The van der Waals surface area contributed by atoms with Crippen LogP contribution in [0.2, 0.25) is 0 Å². The van der Waals surface area contributed by atoms with Crippen molar-refractivity contribution in [1.29, 1.82) is 0 Å². The molecule has 112 valence electrons. The second kappa shape index (κ2) is 5.94. The van der Waals surface area contributed by atoms with Crippen molar-refractivity contribution in [3.63, 3.8) is 0 Å². The van der Waals surface area contributed by atoms with Crippen LogP contribution in [-0.2, 0) is 13.2 Å². The van der Waals surface area contributed by atoms with E-state index in [1.165, 1.54) is 29.5 Å². The molecule has 2 aromatic rings. The number of aryl methyl sites for hydroxylation is 2. The van der Waals surface area contributed by atoms with Gasteiger partial charge >= 0.3 is 0 Å². The van der Waals surface area contributed by atoms with Crippen molar-refractivity contribution in [3.8, 4) is 5.75 Å². The molecule has 1 aromatic heterocycles. The number of hydrogen-bond donors (Lipinski definition) is 1. The Morgan fingerprint density at radius 1 is 1.14 bits per heavy atom. The van der Waals surface area contributed by atoms with E-state index in [4.69, 9.17) is 9.15 Å². The molecule has 1 fully saturated rings. The van der Waals surface area contributed by atoms with Crippen LogP contribution in [-0.4, -0.2) is 6.04 Å². The van der Waals surface area contributed by atoms with Crippen molar-refractivity contribution in [2.45, 2.75) is 52.8 Å². The molecule has 0 amide bonds. The molecule has 0 bridgehead atoms. The number of nitrogens with one attached hydrogen (secondary N) is 1. The van der Waals surface area contributed by atoms with E-state index in [9.17, 15) is 0 Å². The third-order valence-corrected chi connectivity index (χ3v) is 3.99. The van der Waals surface area contributed by atoms with E-state index in [0.717, 1.165) is 23.8 Å². The molecule has 1 aliphatic carbocycles. The normalized spacial score (nSPS) is 14.4. The van der Waals surface area contributed by atoms with Crippen molar-refractivity contribution in [2.75, 3.05) is 0 Å². The lowest BCUT2D eigenvalue weighted by Crippen LogP contribution is -2.14. The quantitative estimate of drug-likeness (QED) is 0.870. The summed E-state index contributed by atoms with van der Waals surface area (Å²) in [7, 11) is 0. The molecule has 0 aliphatic heterocycles. The van der Waals surface area contributed by atoms with Crippen molar-refractivity contribution in [3.05, 3.63) is 52.5 Å². The van der Waals surface area contributed by atoms with Gasteiger partial charge in [0, 0.05) is 6.04 Å². The predicted molar refractivity (Wildman–Crippen MR) is 83.6 cm³/mol. The van der Waals surface area contributed by atoms with E-state index in [1.807, 2.05) is 12.1 Å². The van der Waals surface area contributed by atoms with Gasteiger partial charge < -0.3 is 14.5 Å². The molecule has 1 aliphatic rings. The van der Waals surface area contributed by atoms with Gasteiger partial charge in [-0.05, 0) is 68.5 Å². The van der Waals surface area contributed by atoms with E-state index >= 15 is 0 Å². The van der Waals surface area contributed by atoms with Crippen LogP contribution in [0.5, 0.6) is 5.75 Å². The maximum atomic E-state index is 5.92. The first-order valence-electron chi connectivity index (χ1n) is 7.63. The van der Waals surface area contributed by atoms with Crippen molar-refractivity contribution in [2.24, 2.45) is 0 Å². The SMILES string of the molecule is Cc1cc(C)c(C)c(OCc2ccc(CNC3CC3)o2)c1. The van der Waals surface area contributed by atoms with Crippen molar-refractivity contribution < 1.29 is 9.15 Å². The van der Waals surface area contributed by atoms with Crippen molar-refractivity contribution >= 4 is 0 Å². The third kappa shape index (κ3) is 3.67. The average Bonchev–Trinajstić information content (AvgIpc) is 3.17. The Kier molecular flexibility index (Phi) is 4.02. The van der Waals surface area contributed by atoms with Gasteiger partial charge in [-0.25, -0.2) is 0 Å². The van der Waals surface area contributed by atoms with E-state index in [0.29, 0.717) is 12.6 Å². The smallest absolute Gasteiger partial charge is 0.146 e. The second-order valence-corrected chi connectivity index (χ2v) is 6.02. The highest BCUT2D eigenvalue weighted by molar-refractivity contribution is 5.41. The largest absolute Gasteiger partial charge is 0.485 e. The molecular weight excluding hydrogens is 262 g/mol. The summed E-state index contributed by atoms with van der Waals surface area (Å²) in [5.74, 6) is 2.81. The Balaban J connectivity index is 1.59. The van der Waals surface area contributed by atoms with Gasteiger partial charge in [0.25, 0.3) is 0 Å². The van der Waals surface area contributed by atoms with Crippen LogP contribution in [0.3, 0.4) is 0 Å². The lowest BCUT2D eigenvalue weighted by Gasteiger charge is -2.11. The van der Waals surface area contributed by atoms with Gasteiger partial charge in [-0.2, -0.15) is 0 Å². The molecule has 1 heterocycles. The fraction of sp³-hybridized carbons (Fsp3) is 0.444. The minimum absolute atomic E-state index is 0.479. The molecule has 3 nitrogen and oxygen atoms in total. The van der Waals surface area contributed by atoms with Crippen LogP contribution in [0, 0.1) is 20.8 Å². The molecule has 1 aromatic carbocycles. The Bertz CT molecular complexity index is 626. The summed E-state index contributed by atoms with van der Waals surface area (Å²) < 4.78 is 11.7. The standard InChI is InChI=1S/C18H23NO2/c1-12-8-13(2)14(3)18(9-12)20-11-17-7-6-16(21-17)10-19-15-4-5-15/h6-9,15,19H,4-5,10-11H2,1-3H3. The minimum atomic E-state index is 0.479. The van der Waals surface area contributed by atoms with Gasteiger partial charge in [-0.15, -0.1) is 0 Å². The molecule has 3 rings (SSSR count). The number of benzene rings is 1. The van der Waals surface area contributed by atoms with E-state index in [1.54, 1.807) is 0 Å². The molecule has 1 N–H and O–H groups in total. The van der Waals surface area contributed by atoms with E-state index in [-0.39, 0.29) is 0 Å². The van der Waals surface area contributed by atoms with Crippen LogP contribution < -0.4 is 10.1 Å². The summed E-state index contributed by atoms with van der Waals surface area (Å²) in [5, 5.41) is 3.45. The lowest BCUT2D eigenvalue weighted by atomic mass is 10.1. The highest BCUT2D eigenvalue weighted by Crippen LogP contribution is 2.24. The van der Waals surface area contributed by atoms with Crippen LogP contribution in [0.25, 0.3) is 0 Å². The Labute approximate surface area is 126 Å². The Morgan fingerprint density at radius 3 is 2.67 bits per heavy atom. The van der Waals surface area contributed by atoms with Crippen LogP contribution >= 0.6 is 0 Å². The molecule has 0 unspecified atom stereocenters. The minimum Gasteiger partial charge on any atom is -0.485 e. The van der Waals surface area contributed by atoms with Gasteiger partial charge in [0.15, 0.2) is 0 Å². The van der Waals surface area contributed by atoms with Crippen LogP contribution in [0.1, 0.15) is 41.1 Å². The zero-order chi connectivity index (χ0) is 14.8. The highest BCUT2D eigenvalue weighted by Gasteiger charge is 2.20. The Morgan fingerprint density at radius 2 is 1.90 bits per heavy atom. The highest BCUT2D eigenvalue weighted by atomic mass is 16.5. The van der Waals surface area contributed by atoms with Gasteiger partial charge in [0.1, 0.15) is 23.9 Å². The fourth-order valence-corrected chi connectivity index (χ4v) is 2.43. The number of furan rings is 1. The maximum Gasteiger partial charge on any atom is 0.146 e. The summed E-state index contributed by atoms with van der Waals surface area (Å²) in [6.45, 7) is 7.59. The van der Waals surface area contributed by atoms with E-state index < -0.39 is 0 Å². The molecule has 0 saturated heterocycles. The molecule has 0 spiro atoms. The fourth-order valence-electron chi connectivity index (χ4n) is 2.43. The third-order valence-electron chi connectivity index (χ3n) is 3.99. The average molecular weight is 285 g/mol. The molecule has 1 saturated carbocycles. The second-order valence-electron chi connectivity index (χ2n) is 6.02. The van der Waals surface area contributed by atoms with Gasteiger partial charge in [0.2, 0.25) is 0 Å². The summed E-state index contributed by atoms with van der Waals surface area (Å²) in [6, 6.07) is 9.00. The van der Waals surface area contributed by atoms with Gasteiger partial charge in [0.05, 0.1) is 6.54 Å². The topological polar surface area (TPSA) is 34.4 Å². The maximum absolute atomic E-state index is 5.92. The monoisotopic (exact) mass is 285 g/mol.